The maximum Gasteiger partial charge on any atom is 0.253 e. The van der Waals surface area contributed by atoms with Crippen LogP contribution in [0.1, 0.15) is 29.6 Å². The summed E-state index contributed by atoms with van der Waals surface area (Å²) >= 11 is 11.0. The van der Waals surface area contributed by atoms with Crippen LogP contribution in [0.2, 0.25) is 5.02 Å². The highest BCUT2D eigenvalue weighted by Crippen LogP contribution is 2.26. The van der Waals surface area contributed by atoms with Gasteiger partial charge < -0.3 is 11.1 Å². The fraction of sp³-hybridized carbons (Fsp3) is 0.385. The average molecular weight is 283 g/mol. The molecule has 96 valence electrons. The van der Waals surface area contributed by atoms with E-state index in [1.54, 1.807) is 24.3 Å². The second-order valence-corrected chi connectivity index (χ2v) is 5.38. The Morgan fingerprint density at radius 2 is 2.11 bits per heavy atom. The third-order valence-electron chi connectivity index (χ3n) is 3.32. The summed E-state index contributed by atoms with van der Waals surface area (Å²) in [4.78, 5) is 12.6. The lowest BCUT2D eigenvalue weighted by atomic mass is 10.0. The minimum absolute atomic E-state index is 0.0336. The van der Waals surface area contributed by atoms with Crippen LogP contribution in [0.15, 0.2) is 24.3 Å². The van der Waals surface area contributed by atoms with E-state index in [9.17, 15) is 4.79 Å². The van der Waals surface area contributed by atoms with Crippen molar-refractivity contribution in [2.24, 2.45) is 11.7 Å². The molecule has 1 saturated carbocycles. The highest BCUT2D eigenvalue weighted by atomic mass is 35.5. The molecule has 1 aromatic carbocycles. The van der Waals surface area contributed by atoms with E-state index >= 15 is 0 Å². The molecule has 3 N–H and O–H groups in total. The number of benzene rings is 1. The zero-order valence-electron chi connectivity index (χ0n) is 9.86. The van der Waals surface area contributed by atoms with Gasteiger partial charge in [0.25, 0.3) is 5.91 Å². The van der Waals surface area contributed by atoms with E-state index in [0.29, 0.717) is 15.6 Å². The fourth-order valence-corrected chi connectivity index (χ4v) is 2.87. The standard InChI is InChI=1S/C13H15ClN2OS/c14-10-6-2-1-4-8(10)13(17)16-11-7-3-5-9(11)12(15)18/h1-2,4,6,9,11H,3,5,7H2,(H2,15,18)(H,16,17). The maximum atomic E-state index is 12.1. The molecule has 0 aromatic heterocycles. The lowest BCUT2D eigenvalue weighted by Crippen LogP contribution is -2.41. The largest absolute Gasteiger partial charge is 0.393 e. The van der Waals surface area contributed by atoms with Crippen LogP contribution in [-0.4, -0.2) is 16.9 Å². The number of nitrogens with two attached hydrogens (primary N) is 1. The summed E-state index contributed by atoms with van der Waals surface area (Å²) in [6.45, 7) is 0. The molecular weight excluding hydrogens is 268 g/mol. The van der Waals surface area contributed by atoms with Gasteiger partial charge in [0, 0.05) is 12.0 Å². The van der Waals surface area contributed by atoms with Crippen molar-refractivity contribution in [3.63, 3.8) is 0 Å². The predicted octanol–water partition coefficient (Wildman–Crippen LogP) is 2.52. The maximum absolute atomic E-state index is 12.1. The summed E-state index contributed by atoms with van der Waals surface area (Å²) in [7, 11) is 0. The molecule has 2 rings (SSSR count). The highest BCUT2D eigenvalue weighted by Gasteiger charge is 2.30. The van der Waals surface area contributed by atoms with Crippen LogP contribution in [0.25, 0.3) is 0 Å². The van der Waals surface area contributed by atoms with Crippen LogP contribution in [0.4, 0.5) is 0 Å². The first-order chi connectivity index (χ1) is 8.59. The number of halogens is 1. The van der Waals surface area contributed by atoms with Crippen molar-refractivity contribution in [1.29, 1.82) is 0 Å². The number of hydrogen-bond acceptors (Lipinski definition) is 2. The van der Waals surface area contributed by atoms with Crippen LogP contribution < -0.4 is 11.1 Å². The summed E-state index contributed by atoms with van der Waals surface area (Å²) in [6, 6.07) is 7.04. The Kier molecular flexibility index (Phi) is 4.19. The molecule has 1 aliphatic carbocycles. The zero-order chi connectivity index (χ0) is 13.1. The number of carbonyl (C=O) groups is 1. The van der Waals surface area contributed by atoms with Gasteiger partial charge in [0.05, 0.1) is 15.6 Å². The Labute approximate surface area is 117 Å². The van der Waals surface area contributed by atoms with Gasteiger partial charge in [-0.25, -0.2) is 0 Å². The smallest absolute Gasteiger partial charge is 0.253 e. The second-order valence-electron chi connectivity index (χ2n) is 4.50. The van der Waals surface area contributed by atoms with E-state index in [1.807, 2.05) is 0 Å². The number of carbonyl (C=O) groups excluding carboxylic acids is 1. The van der Waals surface area contributed by atoms with Crippen molar-refractivity contribution in [1.82, 2.24) is 5.32 Å². The van der Waals surface area contributed by atoms with Crippen molar-refractivity contribution in [2.75, 3.05) is 0 Å². The summed E-state index contributed by atoms with van der Waals surface area (Å²) in [5.41, 5.74) is 6.18. The molecule has 0 heterocycles. The summed E-state index contributed by atoms with van der Waals surface area (Å²) < 4.78 is 0. The van der Waals surface area contributed by atoms with Crippen molar-refractivity contribution in [2.45, 2.75) is 25.3 Å². The van der Waals surface area contributed by atoms with Crippen molar-refractivity contribution < 1.29 is 4.79 Å². The number of hydrogen-bond donors (Lipinski definition) is 2. The van der Waals surface area contributed by atoms with E-state index in [2.05, 4.69) is 5.32 Å². The second kappa shape index (κ2) is 5.67. The monoisotopic (exact) mass is 282 g/mol. The lowest BCUT2D eigenvalue weighted by molar-refractivity contribution is 0.0934. The van der Waals surface area contributed by atoms with Crippen molar-refractivity contribution >= 4 is 34.7 Å². The molecular formula is C13H15ClN2OS. The summed E-state index contributed by atoms with van der Waals surface area (Å²) in [5, 5.41) is 3.43. The molecule has 1 aromatic rings. The van der Waals surface area contributed by atoms with Crippen molar-refractivity contribution in [3.8, 4) is 0 Å². The van der Waals surface area contributed by atoms with Gasteiger partial charge in [0.1, 0.15) is 0 Å². The molecule has 0 radical (unpaired) electrons. The molecule has 5 heteroatoms. The quantitative estimate of drug-likeness (QED) is 0.838. The van der Waals surface area contributed by atoms with Gasteiger partial charge >= 0.3 is 0 Å². The first-order valence-electron chi connectivity index (χ1n) is 5.94. The number of nitrogens with one attached hydrogen (secondary N) is 1. The molecule has 0 aliphatic heterocycles. The van der Waals surface area contributed by atoms with Crippen LogP contribution >= 0.6 is 23.8 Å². The van der Waals surface area contributed by atoms with Gasteiger partial charge in [-0.1, -0.05) is 42.4 Å². The van der Waals surface area contributed by atoms with E-state index in [1.165, 1.54) is 0 Å². The Bertz CT molecular complexity index is 478. The van der Waals surface area contributed by atoms with E-state index in [0.717, 1.165) is 19.3 Å². The molecule has 2 unspecified atom stereocenters. The normalized spacial score (nSPS) is 22.7. The van der Waals surface area contributed by atoms with Gasteiger partial charge in [0.2, 0.25) is 0 Å². The molecule has 0 saturated heterocycles. The number of rotatable bonds is 3. The number of amides is 1. The zero-order valence-corrected chi connectivity index (χ0v) is 11.4. The van der Waals surface area contributed by atoms with Crippen LogP contribution in [0, 0.1) is 5.92 Å². The third-order valence-corrected chi connectivity index (χ3v) is 3.95. The van der Waals surface area contributed by atoms with E-state index < -0.39 is 0 Å². The predicted molar refractivity (Wildman–Crippen MR) is 76.8 cm³/mol. The van der Waals surface area contributed by atoms with E-state index in [4.69, 9.17) is 29.6 Å². The Hall–Kier alpha value is -1.13. The Balaban J connectivity index is 2.08. The number of thiocarbonyl (C=S) groups is 1. The van der Waals surface area contributed by atoms with Gasteiger partial charge in [-0.2, -0.15) is 0 Å². The molecule has 1 amide bonds. The van der Waals surface area contributed by atoms with Gasteiger partial charge in [-0.15, -0.1) is 0 Å². The van der Waals surface area contributed by atoms with Gasteiger partial charge in [-0.05, 0) is 25.0 Å². The Morgan fingerprint density at radius 1 is 1.39 bits per heavy atom. The van der Waals surface area contributed by atoms with Crippen LogP contribution in [0.5, 0.6) is 0 Å². The van der Waals surface area contributed by atoms with E-state index in [-0.39, 0.29) is 17.9 Å². The van der Waals surface area contributed by atoms with Crippen LogP contribution in [-0.2, 0) is 0 Å². The highest BCUT2D eigenvalue weighted by molar-refractivity contribution is 7.80. The molecule has 2 atom stereocenters. The SMILES string of the molecule is NC(=S)C1CCCC1NC(=O)c1ccccc1Cl. The molecule has 3 nitrogen and oxygen atoms in total. The summed E-state index contributed by atoms with van der Waals surface area (Å²) in [6.07, 6.45) is 2.90. The minimum atomic E-state index is -0.159. The first-order valence-corrected chi connectivity index (χ1v) is 6.73. The fourth-order valence-electron chi connectivity index (χ4n) is 2.36. The first kappa shape index (κ1) is 13.3. The van der Waals surface area contributed by atoms with Crippen molar-refractivity contribution in [3.05, 3.63) is 34.9 Å². The van der Waals surface area contributed by atoms with Gasteiger partial charge in [-0.3, -0.25) is 4.79 Å². The average Bonchev–Trinajstić information content (AvgIpc) is 2.77. The topological polar surface area (TPSA) is 55.1 Å². The molecule has 18 heavy (non-hydrogen) atoms. The Morgan fingerprint density at radius 3 is 2.78 bits per heavy atom. The van der Waals surface area contributed by atoms with Gasteiger partial charge in [0.15, 0.2) is 0 Å². The summed E-state index contributed by atoms with van der Waals surface area (Å²) in [5.74, 6) is -0.0554. The van der Waals surface area contributed by atoms with Crippen LogP contribution in [0.3, 0.4) is 0 Å². The minimum Gasteiger partial charge on any atom is -0.393 e. The molecule has 0 spiro atoms. The molecule has 1 aliphatic rings. The molecule has 0 bridgehead atoms. The molecule has 1 fully saturated rings. The third kappa shape index (κ3) is 2.82. The lowest BCUT2D eigenvalue weighted by Gasteiger charge is -2.20.